The minimum absolute atomic E-state index is 0.0290. The topological polar surface area (TPSA) is 12.9 Å². The van der Waals surface area contributed by atoms with Gasteiger partial charge in [0.15, 0.2) is 0 Å². The monoisotopic (exact) mass is 269 g/mol. The number of thiocarbonyl (C=S) groups is 1. The Balaban J connectivity index is 2.38. The standard InChI is InChI=1S/C12H15NS3/c1-15-11(14)12(6-2-3-8-16-12)10-5-4-7-13-9-10/h4-5,7,9H,2-3,6,8H2,1H3. The molecule has 1 unspecified atom stereocenters. The third kappa shape index (κ3) is 2.29. The Bertz CT molecular complexity index is 358. The van der Waals surface area contributed by atoms with E-state index in [1.807, 2.05) is 30.2 Å². The smallest absolute Gasteiger partial charge is 0.0832 e. The summed E-state index contributed by atoms with van der Waals surface area (Å²) in [6.45, 7) is 0. The second kappa shape index (κ2) is 5.52. The van der Waals surface area contributed by atoms with Crippen LogP contribution in [0.25, 0.3) is 0 Å². The number of hydrogen-bond acceptors (Lipinski definition) is 4. The zero-order valence-corrected chi connectivity index (χ0v) is 11.8. The number of hydrogen-bond donors (Lipinski definition) is 0. The van der Waals surface area contributed by atoms with Gasteiger partial charge < -0.3 is 0 Å². The molecular formula is C12H15NS3. The third-order valence-corrected chi connectivity index (χ3v) is 6.37. The average molecular weight is 269 g/mol. The van der Waals surface area contributed by atoms with Gasteiger partial charge in [-0.05, 0) is 36.5 Å². The van der Waals surface area contributed by atoms with Crippen LogP contribution in [0.4, 0.5) is 0 Å². The average Bonchev–Trinajstić information content (AvgIpc) is 2.39. The number of thioether (sulfide) groups is 2. The predicted octanol–water partition coefficient (Wildman–Crippen LogP) is 3.88. The first kappa shape index (κ1) is 12.4. The number of rotatable bonds is 2. The van der Waals surface area contributed by atoms with Crippen LogP contribution in [-0.4, -0.2) is 21.2 Å². The molecule has 0 N–H and O–H groups in total. The maximum Gasteiger partial charge on any atom is 0.0832 e. The van der Waals surface area contributed by atoms with Gasteiger partial charge in [-0.3, -0.25) is 4.98 Å². The van der Waals surface area contributed by atoms with Crippen molar-refractivity contribution >= 4 is 39.9 Å². The normalized spacial score (nSPS) is 25.3. The van der Waals surface area contributed by atoms with E-state index in [0.717, 1.165) is 10.6 Å². The molecule has 0 amide bonds. The van der Waals surface area contributed by atoms with E-state index in [1.54, 1.807) is 11.8 Å². The summed E-state index contributed by atoms with van der Waals surface area (Å²) in [7, 11) is 0. The molecule has 1 aromatic heterocycles. The SMILES string of the molecule is CSC(=S)C1(c2cccnc2)CCCCS1. The van der Waals surface area contributed by atoms with Crippen molar-refractivity contribution in [3.8, 4) is 0 Å². The molecule has 0 aliphatic carbocycles. The highest BCUT2D eigenvalue weighted by molar-refractivity contribution is 8.24. The van der Waals surface area contributed by atoms with Crippen LogP contribution in [0.2, 0.25) is 0 Å². The molecule has 0 bridgehead atoms. The molecule has 1 aliphatic heterocycles. The molecule has 0 aromatic carbocycles. The lowest BCUT2D eigenvalue weighted by molar-refractivity contribution is 0.633. The first-order valence-electron chi connectivity index (χ1n) is 5.42. The Labute approximate surface area is 111 Å². The minimum Gasteiger partial charge on any atom is -0.264 e. The van der Waals surface area contributed by atoms with E-state index in [-0.39, 0.29) is 4.75 Å². The number of aromatic nitrogens is 1. The van der Waals surface area contributed by atoms with Crippen LogP contribution in [-0.2, 0) is 4.75 Å². The van der Waals surface area contributed by atoms with Crippen LogP contribution in [0.5, 0.6) is 0 Å². The van der Waals surface area contributed by atoms with Crippen LogP contribution < -0.4 is 0 Å². The molecule has 1 nitrogen and oxygen atoms in total. The van der Waals surface area contributed by atoms with Gasteiger partial charge in [-0.2, -0.15) is 0 Å². The molecule has 2 rings (SSSR count). The lowest BCUT2D eigenvalue weighted by atomic mass is 9.95. The number of pyridine rings is 1. The van der Waals surface area contributed by atoms with E-state index >= 15 is 0 Å². The Morgan fingerprint density at radius 3 is 3.00 bits per heavy atom. The molecular weight excluding hydrogens is 254 g/mol. The van der Waals surface area contributed by atoms with Gasteiger partial charge in [-0.15, -0.1) is 23.5 Å². The van der Waals surface area contributed by atoms with Gasteiger partial charge in [0.25, 0.3) is 0 Å². The maximum absolute atomic E-state index is 5.58. The second-order valence-electron chi connectivity index (χ2n) is 3.87. The molecule has 2 heterocycles. The van der Waals surface area contributed by atoms with Crippen molar-refractivity contribution in [3.05, 3.63) is 30.1 Å². The van der Waals surface area contributed by atoms with Crippen molar-refractivity contribution in [2.45, 2.75) is 24.0 Å². The maximum atomic E-state index is 5.58. The summed E-state index contributed by atoms with van der Waals surface area (Å²) >= 11 is 9.29. The van der Waals surface area contributed by atoms with Crippen molar-refractivity contribution in [2.75, 3.05) is 12.0 Å². The predicted molar refractivity (Wildman–Crippen MR) is 78.3 cm³/mol. The summed E-state index contributed by atoms with van der Waals surface area (Å²) in [4.78, 5) is 4.24. The lowest BCUT2D eigenvalue weighted by Crippen LogP contribution is -2.32. The van der Waals surface area contributed by atoms with Gasteiger partial charge in [-0.1, -0.05) is 24.7 Å². The Kier molecular flexibility index (Phi) is 4.27. The molecule has 16 heavy (non-hydrogen) atoms. The fourth-order valence-electron chi connectivity index (χ4n) is 2.07. The van der Waals surface area contributed by atoms with Crippen LogP contribution in [0.15, 0.2) is 24.5 Å². The van der Waals surface area contributed by atoms with Crippen molar-refractivity contribution in [3.63, 3.8) is 0 Å². The summed E-state index contributed by atoms with van der Waals surface area (Å²) < 4.78 is 1.13. The molecule has 86 valence electrons. The van der Waals surface area contributed by atoms with Crippen LogP contribution in [0.3, 0.4) is 0 Å². The summed E-state index contributed by atoms with van der Waals surface area (Å²) in [6, 6.07) is 4.17. The molecule has 1 fully saturated rings. The molecule has 0 saturated carbocycles. The van der Waals surface area contributed by atoms with Crippen LogP contribution in [0.1, 0.15) is 24.8 Å². The first-order chi connectivity index (χ1) is 7.79. The summed E-state index contributed by atoms with van der Waals surface area (Å²) in [5.74, 6) is 1.20. The Morgan fingerprint density at radius 1 is 1.56 bits per heavy atom. The quantitative estimate of drug-likeness (QED) is 0.755. The van der Waals surface area contributed by atoms with Crippen LogP contribution in [0, 0.1) is 0 Å². The highest BCUT2D eigenvalue weighted by atomic mass is 32.2. The molecule has 0 radical (unpaired) electrons. The van der Waals surface area contributed by atoms with E-state index in [0.29, 0.717) is 0 Å². The highest BCUT2D eigenvalue weighted by Gasteiger charge is 2.38. The first-order valence-corrected chi connectivity index (χ1v) is 8.04. The van der Waals surface area contributed by atoms with E-state index in [2.05, 4.69) is 17.3 Å². The summed E-state index contributed by atoms with van der Waals surface area (Å²) in [6.07, 6.45) is 9.61. The fraction of sp³-hybridized carbons (Fsp3) is 0.500. The van der Waals surface area contributed by atoms with Crippen molar-refractivity contribution in [1.29, 1.82) is 0 Å². The van der Waals surface area contributed by atoms with Gasteiger partial charge >= 0.3 is 0 Å². The van der Waals surface area contributed by atoms with E-state index in [9.17, 15) is 0 Å². The van der Waals surface area contributed by atoms with Gasteiger partial charge in [0.2, 0.25) is 0 Å². The summed E-state index contributed by atoms with van der Waals surface area (Å²) in [5, 5.41) is 0. The molecule has 1 aliphatic rings. The van der Waals surface area contributed by atoms with Gasteiger partial charge in [-0.25, -0.2) is 0 Å². The number of nitrogens with zero attached hydrogens (tertiary/aromatic N) is 1. The lowest BCUT2D eigenvalue weighted by Gasteiger charge is -2.36. The Hall–Kier alpha value is -0.0600. The van der Waals surface area contributed by atoms with Gasteiger partial charge in [0.05, 0.1) is 8.94 Å². The molecule has 1 atom stereocenters. The largest absolute Gasteiger partial charge is 0.264 e. The summed E-state index contributed by atoms with van der Waals surface area (Å²) in [5.41, 5.74) is 1.28. The van der Waals surface area contributed by atoms with E-state index in [1.165, 1.54) is 24.2 Å². The zero-order valence-electron chi connectivity index (χ0n) is 9.31. The van der Waals surface area contributed by atoms with Gasteiger partial charge in [0.1, 0.15) is 0 Å². The van der Waals surface area contributed by atoms with E-state index in [4.69, 9.17) is 12.2 Å². The zero-order chi connectivity index (χ0) is 11.4. The van der Waals surface area contributed by atoms with Crippen molar-refractivity contribution < 1.29 is 0 Å². The molecule has 1 aromatic rings. The van der Waals surface area contributed by atoms with Crippen LogP contribution >= 0.6 is 35.7 Å². The van der Waals surface area contributed by atoms with Crippen molar-refractivity contribution in [1.82, 2.24) is 4.98 Å². The Morgan fingerprint density at radius 2 is 2.44 bits per heavy atom. The third-order valence-electron chi connectivity index (χ3n) is 2.91. The molecule has 1 saturated heterocycles. The fourth-order valence-corrected chi connectivity index (χ4v) is 4.83. The highest BCUT2D eigenvalue weighted by Crippen LogP contribution is 2.48. The van der Waals surface area contributed by atoms with Crippen molar-refractivity contribution in [2.24, 2.45) is 0 Å². The molecule has 4 heteroatoms. The second-order valence-corrected chi connectivity index (χ2v) is 6.74. The van der Waals surface area contributed by atoms with E-state index < -0.39 is 0 Å². The molecule has 0 spiro atoms. The minimum atomic E-state index is 0.0290. The van der Waals surface area contributed by atoms with Gasteiger partial charge in [0, 0.05) is 12.4 Å².